The number of amides is 3. The number of hydrogen-bond acceptors (Lipinski definition) is 5. The molecule has 0 aliphatic rings. The molecule has 0 radical (unpaired) electrons. The number of aromatic nitrogens is 3. The van der Waals surface area contributed by atoms with Crippen molar-refractivity contribution in [1.82, 2.24) is 25.4 Å². The topological polar surface area (TPSA) is 93.4 Å². The standard InChI is InChI=1S/C15H28N6O2S/c1-6-8-9-21-13(11(7-2)20(4)5)18-19-15(21)24-10-12(22)17-14(23)16-3/h11H,6-10H2,1-5H3,(H2,16,17,22,23)/p+1/t11-/m0/s1. The first kappa shape index (κ1) is 20.4. The fourth-order valence-electron chi connectivity index (χ4n) is 2.40. The number of imide groups is 1. The largest absolute Gasteiger partial charge is 0.341 e. The first-order chi connectivity index (χ1) is 11.4. The molecule has 1 rings (SSSR count). The first-order valence-electron chi connectivity index (χ1n) is 8.32. The predicted molar refractivity (Wildman–Crippen MR) is 94.1 cm³/mol. The van der Waals surface area contributed by atoms with Gasteiger partial charge in [-0.25, -0.2) is 4.79 Å². The lowest BCUT2D eigenvalue weighted by atomic mass is 10.2. The summed E-state index contributed by atoms with van der Waals surface area (Å²) in [5.41, 5.74) is 0. The molecule has 1 aromatic rings. The van der Waals surface area contributed by atoms with Crippen LogP contribution in [0.1, 0.15) is 45.0 Å². The second kappa shape index (κ2) is 10.3. The zero-order chi connectivity index (χ0) is 18.1. The Bertz CT molecular complexity index is 546. The Hall–Kier alpha value is -1.61. The molecule has 1 atom stereocenters. The van der Waals surface area contributed by atoms with Gasteiger partial charge < -0.3 is 14.8 Å². The third kappa shape index (κ3) is 5.79. The molecular weight excluding hydrogens is 328 g/mol. The van der Waals surface area contributed by atoms with Gasteiger partial charge in [0.1, 0.15) is 6.04 Å². The van der Waals surface area contributed by atoms with E-state index < -0.39 is 6.03 Å². The van der Waals surface area contributed by atoms with E-state index in [2.05, 4.69) is 53.3 Å². The number of rotatable bonds is 9. The third-order valence-electron chi connectivity index (χ3n) is 3.71. The molecule has 8 nitrogen and oxygen atoms in total. The van der Waals surface area contributed by atoms with Crippen molar-refractivity contribution >= 4 is 23.7 Å². The lowest BCUT2D eigenvalue weighted by Crippen LogP contribution is -3.06. The van der Waals surface area contributed by atoms with Crippen molar-refractivity contribution in [2.75, 3.05) is 26.9 Å². The molecule has 0 aliphatic carbocycles. The van der Waals surface area contributed by atoms with Gasteiger partial charge in [0.2, 0.25) is 5.91 Å². The van der Waals surface area contributed by atoms with Gasteiger partial charge in [0.25, 0.3) is 0 Å². The molecule has 0 aromatic carbocycles. The smallest absolute Gasteiger partial charge is 0.321 e. The average molecular weight is 358 g/mol. The van der Waals surface area contributed by atoms with Crippen LogP contribution in [0, 0.1) is 0 Å². The summed E-state index contributed by atoms with van der Waals surface area (Å²) in [5, 5.41) is 14.0. The quantitative estimate of drug-likeness (QED) is 0.550. The zero-order valence-electron chi connectivity index (χ0n) is 15.2. The summed E-state index contributed by atoms with van der Waals surface area (Å²) in [6.45, 7) is 5.12. The molecule has 0 saturated carbocycles. The summed E-state index contributed by atoms with van der Waals surface area (Å²) >= 11 is 1.31. The maximum Gasteiger partial charge on any atom is 0.321 e. The number of nitrogens with zero attached hydrogens (tertiary/aromatic N) is 3. The van der Waals surface area contributed by atoms with Crippen molar-refractivity contribution in [1.29, 1.82) is 0 Å². The van der Waals surface area contributed by atoms with E-state index in [-0.39, 0.29) is 17.7 Å². The molecule has 24 heavy (non-hydrogen) atoms. The highest BCUT2D eigenvalue weighted by molar-refractivity contribution is 7.99. The molecule has 1 aromatic heterocycles. The van der Waals surface area contributed by atoms with E-state index in [0.29, 0.717) is 0 Å². The predicted octanol–water partition coefficient (Wildman–Crippen LogP) is 0.222. The van der Waals surface area contributed by atoms with Crippen molar-refractivity contribution in [2.45, 2.75) is 50.9 Å². The van der Waals surface area contributed by atoms with Crippen LogP contribution in [0.3, 0.4) is 0 Å². The van der Waals surface area contributed by atoms with Crippen LogP contribution in [0.25, 0.3) is 0 Å². The lowest BCUT2D eigenvalue weighted by Gasteiger charge is -2.20. The third-order valence-corrected chi connectivity index (χ3v) is 4.68. The molecule has 0 bridgehead atoms. The van der Waals surface area contributed by atoms with Crippen molar-refractivity contribution < 1.29 is 14.5 Å². The fourth-order valence-corrected chi connectivity index (χ4v) is 3.17. The zero-order valence-corrected chi connectivity index (χ0v) is 16.0. The molecule has 136 valence electrons. The second-order valence-corrected chi connectivity index (χ2v) is 6.74. The minimum absolute atomic E-state index is 0.128. The summed E-state index contributed by atoms with van der Waals surface area (Å²) < 4.78 is 2.11. The van der Waals surface area contributed by atoms with E-state index in [0.717, 1.165) is 36.8 Å². The summed E-state index contributed by atoms with van der Waals surface area (Å²) in [5.74, 6) is 0.736. The average Bonchev–Trinajstić information content (AvgIpc) is 2.93. The maximum atomic E-state index is 11.8. The van der Waals surface area contributed by atoms with Gasteiger partial charge in [-0.3, -0.25) is 10.1 Å². The number of thioether (sulfide) groups is 1. The van der Waals surface area contributed by atoms with Gasteiger partial charge in [0.15, 0.2) is 11.0 Å². The van der Waals surface area contributed by atoms with Crippen LogP contribution in [0.2, 0.25) is 0 Å². The molecule has 9 heteroatoms. The minimum Gasteiger partial charge on any atom is -0.341 e. The van der Waals surface area contributed by atoms with Gasteiger partial charge in [0.05, 0.1) is 19.8 Å². The van der Waals surface area contributed by atoms with Crippen molar-refractivity contribution in [3.8, 4) is 0 Å². The second-order valence-electron chi connectivity index (χ2n) is 5.80. The van der Waals surface area contributed by atoms with Crippen LogP contribution in [0.15, 0.2) is 5.16 Å². The Morgan fingerprint density at radius 1 is 1.29 bits per heavy atom. The Morgan fingerprint density at radius 3 is 2.54 bits per heavy atom. The molecule has 3 N–H and O–H groups in total. The fraction of sp³-hybridized carbons (Fsp3) is 0.733. The SMILES string of the molecule is CCCCn1c(SCC(=O)NC(=O)NC)nnc1[C@H](CC)[NH+](C)C. The van der Waals surface area contributed by atoms with Crippen LogP contribution >= 0.6 is 11.8 Å². The highest BCUT2D eigenvalue weighted by Crippen LogP contribution is 2.21. The highest BCUT2D eigenvalue weighted by atomic mass is 32.2. The number of unbranched alkanes of at least 4 members (excludes halogenated alkanes) is 1. The number of carbonyl (C=O) groups is 2. The molecule has 1 heterocycles. The summed E-state index contributed by atoms with van der Waals surface area (Å²) in [6.07, 6.45) is 3.07. The van der Waals surface area contributed by atoms with Crippen LogP contribution in [0.5, 0.6) is 0 Å². The van der Waals surface area contributed by atoms with Crippen LogP contribution in [-0.2, 0) is 11.3 Å². The molecule has 0 saturated heterocycles. The molecule has 0 aliphatic heterocycles. The van der Waals surface area contributed by atoms with Gasteiger partial charge in [-0.05, 0) is 6.42 Å². The lowest BCUT2D eigenvalue weighted by molar-refractivity contribution is -0.893. The van der Waals surface area contributed by atoms with E-state index in [4.69, 9.17) is 0 Å². The van der Waals surface area contributed by atoms with Crippen molar-refractivity contribution in [3.63, 3.8) is 0 Å². The van der Waals surface area contributed by atoms with Crippen molar-refractivity contribution in [2.24, 2.45) is 0 Å². The van der Waals surface area contributed by atoms with E-state index in [1.165, 1.54) is 23.7 Å². The first-order valence-corrected chi connectivity index (χ1v) is 9.30. The number of urea groups is 1. The van der Waals surface area contributed by atoms with Gasteiger partial charge in [-0.15, -0.1) is 10.2 Å². The van der Waals surface area contributed by atoms with Gasteiger partial charge >= 0.3 is 6.03 Å². The molecular formula is C15H29N6O2S+. The number of nitrogens with one attached hydrogen (secondary N) is 3. The maximum absolute atomic E-state index is 11.8. The van der Waals surface area contributed by atoms with E-state index in [1.807, 2.05) is 0 Å². The van der Waals surface area contributed by atoms with Crippen LogP contribution < -0.4 is 15.5 Å². The number of carbonyl (C=O) groups excluding carboxylic acids is 2. The summed E-state index contributed by atoms with van der Waals surface area (Å²) in [6, 6.07) is -0.237. The molecule has 0 fully saturated rings. The van der Waals surface area contributed by atoms with Crippen molar-refractivity contribution in [3.05, 3.63) is 5.82 Å². The van der Waals surface area contributed by atoms with Crippen LogP contribution in [-0.4, -0.2) is 53.6 Å². The van der Waals surface area contributed by atoms with Crippen LogP contribution in [0.4, 0.5) is 4.79 Å². The summed E-state index contributed by atoms with van der Waals surface area (Å²) in [7, 11) is 5.69. The van der Waals surface area contributed by atoms with Gasteiger partial charge in [-0.1, -0.05) is 32.0 Å². The number of quaternary nitrogens is 1. The van der Waals surface area contributed by atoms with E-state index in [1.54, 1.807) is 0 Å². The minimum atomic E-state index is -0.504. The van der Waals surface area contributed by atoms with E-state index >= 15 is 0 Å². The highest BCUT2D eigenvalue weighted by Gasteiger charge is 2.25. The number of hydrogen-bond donors (Lipinski definition) is 3. The molecule has 0 unspecified atom stereocenters. The summed E-state index contributed by atoms with van der Waals surface area (Å²) in [4.78, 5) is 24.2. The molecule has 3 amide bonds. The Balaban J connectivity index is 2.88. The Labute approximate surface area is 147 Å². The normalized spacial score (nSPS) is 12.2. The Kier molecular flexibility index (Phi) is 8.77. The monoisotopic (exact) mass is 357 g/mol. The van der Waals surface area contributed by atoms with Gasteiger partial charge in [-0.2, -0.15) is 0 Å². The molecule has 0 spiro atoms. The Morgan fingerprint density at radius 2 is 2.00 bits per heavy atom. The van der Waals surface area contributed by atoms with E-state index in [9.17, 15) is 9.59 Å². The van der Waals surface area contributed by atoms with Gasteiger partial charge in [0, 0.05) is 20.0 Å².